The zero-order valence-corrected chi connectivity index (χ0v) is 12.1. The van der Waals surface area contributed by atoms with Crippen LogP contribution in [0, 0.1) is 5.41 Å². The maximum Gasteiger partial charge on any atom is 0.319 e. The van der Waals surface area contributed by atoms with Crippen LogP contribution in [0.15, 0.2) is 0 Å². The van der Waals surface area contributed by atoms with E-state index in [2.05, 4.69) is 0 Å². The van der Waals surface area contributed by atoms with Crippen LogP contribution in [0.1, 0.15) is 46.0 Å². The van der Waals surface area contributed by atoms with Crippen LogP contribution in [0.4, 0.5) is 0 Å². The van der Waals surface area contributed by atoms with E-state index in [9.17, 15) is 14.7 Å². The van der Waals surface area contributed by atoms with E-state index in [0.717, 1.165) is 19.3 Å². The molecule has 0 atom stereocenters. The number of nitrogens with zero attached hydrogens (tertiary/aromatic N) is 1. The van der Waals surface area contributed by atoms with Crippen LogP contribution in [0.3, 0.4) is 0 Å². The minimum atomic E-state index is -1.17. The lowest BCUT2D eigenvalue weighted by molar-refractivity contribution is -0.169. The van der Waals surface area contributed by atoms with Crippen molar-refractivity contribution in [3.05, 3.63) is 0 Å². The van der Waals surface area contributed by atoms with Crippen molar-refractivity contribution in [3.8, 4) is 0 Å². The molecule has 19 heavy (non-hydrogen) atoms. The lowest BCUT2D eigenvalue weighted by Gasteiger charge is -2.42. The van der Waals surface area contributed by atoms with E-state index in [4.69, 9.17) is 4.74 Å². The molecule has 0 saturated heterocycles. The van der Waals surface area contributed by atoms with Crippen LogP contribution in [-0.2, 0) is 14.3 Å². The molecule has 1 aliphatic rings. The highest BCUT2D eigenvalue weighted by molar-refractivity contribution is 6.03. The SMILES string of the molecule is CCC(CC)N(CCOC)C(=O)C1(C(=O)O)CCC1. The maximum absolute atomic E-state index is 12.6. The van der Waals surface area contributed by atoms with Crippen molar-refractivity contribution >= 4 is 11.9 Å². The molecule has 1 N–H and O–H groups in total. The Balaban J connectivity index is 2.89. The second-order valence-corrected chi connectivity index (χ2v) is 5.20. The summed E-state index contributed by atoms with van der Waals surface area (Å²) in [6, 6.07) is 0.0967. The smallest absolute Gasteiger partial charge is 0.319 e. The molecule has 1 fully saturated rings. The number of carboxylic acids is 1. The van der Waals surface area contributed by atoms with Crippen molar-refractivity contribution < 1.29 is 19.4 Å². The number of carbonyl (C=O) groups excluding carboxylic acids is 1. The van der Waals surface area contributed by atoms with Gasteiger partial charge in [-0.15, -0.1) is 0 Å². The maximum atomic E-state index is 12.6. The third-order valence-electron chi connectivity index (χ3n) is 4.21. The van der Waals surface area contributed by atoms with E-state index < -0.39 is 11.4 Å². The van der Waals surface area contributed by atoms with Crippen LogP contribution >= 0.6 is 0 Å². The number of methoxy groups -OCH3 is 1. The Hall–Kier alpha value is -1.10. The van der Waals surface area contributed by atoms with Gasteiger partial charge in [0, 0.05) is 19.7 Å². The zero-order valence-electron chi connectivity index (χ0n) is 12.1. The molecule has 0 heterocycles. The van der Waals surface area contributed by atoms with Crippen LogP contribution in [0.25, 0.3) is 0 Å². The van der Waals surface area contributed by atoms with Crippen molar-refractivity contribution in [1.29, 1.82) is 0 Å². The summed E-state index contributed by atoms with van der Waals surface area (Å²) in [5, 5.41) is 9.38. The van der Waals surface area contributed by atoms with E-state index >= 15 is 0 Å². The van der Waals surface area contributed by atoms with Crippen molar-refractivity contribution in [2.24, 2.45) is 5.41 Å². The zero-order chi connectivity index (χ0) is 14.5. The van der Waals surface area contributed by atoms with Crippen LogP contribution < -0.4 is 0 Å². The molecular weight excluding hydrogens is 246 g/mol. The molecule has 0 spiro atoms. The summed E-state index contributed by atoms with van der Waals surface area (Å²) in [6.45, 7) is 4.96. The van der Waals surface area contributed by atoms with Crippen LogP contribution in [-0.4, -0.2) is 48.2 Å². The van der Waals surface area contributed by atoms with Gasteiger partial charge >= 0.3 is 5.97 Å². The van der Waals surface area contributed by atoms with Crippen molar-refractivity contribution in [1.82, 2.24) is 4.90 Å². The largest absolute Gasteiger partial charge is 0.480 e. The van der Waals surface area contributed by atoms with Crippen LogP contribution in [0.2, 0.25) is 0 Å². The molecule has 0 aromatic carbocycles. The first-order valence-electron chi connectivity index (χ1n) is 7.06. The standard InChI is InChI=1S/C14H25NO4/c1-4-11(5-2)15(9-10-19-3)12(16)14(13(17)18)7-6-8-14/h11H,4-10H2,1-3H3,(H,17,18). The van der Waals surface area contributed by atoms with Crippen molar-refractivity contribution in [3.63, 3.8) is 0 Å². The molecule has 0 bridgehead atoms. The van der Waals surface area contributed by atoms with Gasteiger partial charge in [0.25, 0.3) is 0 Å². The summed E-state index contributed by atoms with van der Waals surface area (Å²) < 4.78 is 5.05. The van der Waals surface area contributed by atoms with Crippen molar-refractivity contribution in [2.45, 2.75) is 52.0 Å². The van der Waals surface area contributed by atoms with Crippen LogP contribution in [0.5, 0.6) is 0 Å². The molecule has 1 aliphatic carbocycles. The number of carbonyl (C=O) groups is 2. The lowest BCUT2D eigenvalue weighted by Crippen LogP contribution is -2.55. The third kappa shape index (κ3) is 3.08. The number of hydrogen-bond acceptors (Lipinski definition) is 3. The monoisotopic (exact) mass is 271 g/mol. The first kappa shape index (κ1) is 16.0. The number of amides is 1. The summed E-state index contributed by atoms with van der Waals surface area (Å²) >= 11 is 0. The Bertz CT molecular complexity index is 321. The van der Waals surface area contributed by atoms with Crippen molar-refractivity contribution in [2.75, 3.05) is 20.3 Å². The summed E-state index contributed by atoms with van der Waals surface area (Å²) in [4.78, 5) is 25.8. The molecule has 110 valence electrons. The molecule has 0 aromatic rings. The molecule has 0 aliphatic heterocycles. The highest BCUT2D eigenvalue weighted by Gasteiger charge is 2.53. The van der Waals surface area contributed by atoms with Gasteiger partial charge in [0.2, 0.25) is 5.91 Å². The average molecular weight is 271 g/mol. The van der Waals surface area contributed by atoms with E-state index in [1.165, 1.54) is 0 Å². The molecule has 0 aromatic heterocycles. The van der Waals surface area contributed by atoms with Gasteiger partial charge in [0.05, 0.1) is 6.61 Å². The summed E-state index contributed by atoms with van der Waals surface area (Å²) in [6.07, 6.45) is 3.41. The van der Waals surface area contributed by atoms with Gasteiger partial charge in [-0.3, -0.25) is 9.59 Å². The Morgan fingerprint density at radius 3 is 2.21 bits per heavy atom. The number of hydrogen-bond donors (Lipinski definition) is 1. The second kappa shape index (κ2) is 6.89. The number of ether oxygens (including phenoxy) is 1. The van der Waals surface area contributed by atoms with E-state index in [1.807, 2.05) is 13.8 Å². The molecule has 0 unspecified atom stereocenters. The average Bonchev–Trinajstić information content (AvgIpc) is 2.32. The van der Waals surface area contributed by atoms with Gasteiger partial charge < -0.3 is 14.7 Å². The van der Waals surface area contributed by atoms with E-state index in [-0.39, 0.29) is 11.9 Å². The fraction of sp³-hybridized carbons (Fsp3) is 0.857. The fourth-order valence-corrected chi connectivity index (χ4v) is 2.69. The van der Waals surface area contributed by atoms with E-state index in [1.54, 1.807) is 12.0 Å². The second-order valence-electron chi connectivity index (χ2n) is 5.20. The molecular formula is C14H25NO4. The van der Waals surface area contributed by atoms with Gasteiger partial charge in [-0.05, 0) is 25.7 Å². The number of aliphatic carboxylic acids is 1. The highest BCUT2D eigenvalue weighted by atomic mass is 16.5. The Morgan fingerprint density at radius 1 is 1.32 bits per heavy atom. The minimum absolute atomic E-state index is 0.0967. The van der Waals surface area contributed by atoms with Gasteiger partial charge in [0.15, 0.2) is 0 Å². The quantitative estimate of drug-likeness (QED) is 0.685. The fourth-order valence-electron chi connectivity index (χ4n) is 2.69. The van der Waals surface area contributed by atoms with E-state index in [0.29, 0.717) is 26.0 Å². The first-order chi connectivity index (χ1) is 9.03. The first-order valence-corrected chi connectivity index (χ1v) is 7.06. The Morgan fingerprint density at radius 2 is 1.89 bits per heavy atom. The Labute approximate surface area is 114 Å². The third-order valence-corrected chi connectivity index (χ3v) is 4.21. The predicted octanol–water partition coefficient (Wildman–Crippen LogP) is 1.90. The minimum Gasteiger partial charge on any atom is -0.480 e. The predicted molar refractivity (Wildman–Crippen MR) is 71.9 cm³/mol. The number of carboxylic acid groups (broad SMARTS) is 1. The van der Waals surface area contributed by atoms with Gasteiger partial charge in [0.1, 0.15) is 5.41 Å². The molecule has 5 heteroatoms. The number of rotatable bonds is 8. The molecule has 5 nitrogen and oxygen atoms in total. The van der Waals surface area contributed by atoms with Gasteiger partial charge in [-0.25, -0.2) is 0 Å². The summed E-state index contributed by atoms with van der Waals surface area (Å²) in [5.41, 5.74) is -1.17. The van der Waals surface area contributed by atoms with Gasteiger partial charge in [-0.2, -0.15) is 0 Å². The molecule has 1 saturated carbocycles. The summed E-state index contributed by atoms with van der Waals surface area (Å²) in [5.74, 6) is -1.20. The van der Waals surface area contributed by atoms with Gasteiger partial charge in [-0.1, -0.05) is 20.3 Å². The molecule has 1 rings (SSSR count). The topological polar surface area (TPSA) is 66.8 Å². The Kier molecular flexibility index (Phi) is 5.79. The lowest BCUT2D eigenvalue weighted by atomic mass is 9.67. The highest BCUT2D eigenvalue weighted by Crippen LogP contribution is 2.43. The normalized spacial score (nSPS) is 17.1. The molecule has 0 radical (unpaired) electrons. The molecule has 1 amide bonds. The summed E-state index contributed by atoms with van der Waals surface area (Å²) in [7, 11) is 1.59.